The molecule has 1 aliphatic carbocycles. The van der Waals surface area contributed by atoms with Crippen molar-refractivity contribution in [2.45, 2.75) is 40.0 Å². The Morgan fingerprint density at radius 2 is 1.96 bits per heavy atom. The second-order valence-corrected chi connectivity index (χ2v) is 7.35. The number of para-hydroxylation sites is 1. The second kappa shape index (κ2) is 4.97. The minimum atomic E-state index is -0.0796. The van der Waals surface area contributed by atoms with Gasteiger partial charge in [0.05, 0.1) is 28.3 Å². The maximum absolute atomic E-state index is 10.9. The number of benzene rings is 1. The molecule has 5 nitrogen and oxygen atoms in total. The number of nitrogens with zero attached hydrogens (tertiary/aromatic N) is 3. The average molecular weight is 323 g/mol. The largest absolute Gasteiger partial charge is 0.428 e. The summed E-state index contributed by atoms with van der Waals surface area (Å²) < 4.78 is 1.30. The van der Waals surface area contributed by atoms with Gasteiger partial charge in [0.25, 0.3) is 0 Å². The standard InChI is InChI=1S/C19H21N3O2/c1-4-14-16-11-7-5-6-8-12(11)20-18(16)17-13(21-23)9-19(2,3)10-15(17)22(14)24/h5-8,23-24H,4,9-10H2,1-3H3. The van der Waals surface area contributed by atoms with E-state index in [0.717, 1.165) is 39.1 Å². The first-order valence-electron chi connectivity index (χ1n) is 8.32. The molecule has 0 spiro atoms. The van der Waals surface area contributed by atoms with Crippen LogP contribution in [0.2, 0.25) is 0 Å². The summed E-state index contributed by atoms with van der Waals surface area (Å²) in [7, 11) is 0. The van der Waals surface area contributed by atoms with Crippen LogP contribution in [-0.4, -0.2) is 25.8 Å². The van der Waals surface area contributed by atoms with Gasteiger partial charge in [-0.25, -0.2) is 4.98 Å². The molecule has 124 valence electrons. The third-order valence-corrected chi connectivity index (χ3v) is 5.00. The van der Waals surface area contributed by atoms with Crippen molar-refractivity contribution in [3.05, 3.63) is 41.2 Å². The quantitative estimate of drug-likeness (QED) is 0.402. The Morgan fingerprint density at radius 3 is 2.67 bits per heavy atom. The summed E-state index contributed by atoms with van der Waals surface area (Å²) in [6.45, 7) is 6.27. The molecule has 1 aromatic rings. The molecule has 0 saturated carbocycles. The van der Waals surface area contributed by atoms with Gasteiger partial charge in [-0.05, 0) is 30.7 Å². The van der Waals surface area contributed by atoms with Gasteiger partial charge in [-0.1, -0.05) is 44.1 Å². The third-order valence-electron chi connectivity index (χ3n) is 5.00. The summed E-state index contributed by atoms with van der Waals surface area (Å²) >= 11 is 0. The fourth-order valence-corrected chi connectivity index (χ4v) is 4.01. The van der Waals surface area contributed by atoms with E-state index in [1.54, 1.807) is 0 Å². The van der Waals surface area contributed by atoms with E-state index >= 15 is 0 Å². The van der Waals surface area contributed by atoms with Crippen LogP contribution in [0.15, 0.2) is 29.4 Å². The molecular formula is C19H21N3O2. The van der Waals surface area contributed by atoms with Crippen LogP contribution in [0.1, 0.15) is 44.1 Å². The van der Waals surface area contributed by atoms with Gasteiger partial charge in [0.1, 0.15) is 0 Å². The molecule has 3 aliphatic rings. The van der Waals surface area contributed by atoms with Crippen molar-refractivity contribution in [2.24, 2.45) is 10.6 Å². The first kappa shape index (κ1) is 15.0. The Kier molecular flexibility index (Phi) is 3.10. The number of fused-ring (bicyclic) bond motifs is 5. The van der Waals surface area contributed by atoms with E-state index in [1.807, 2.05) is 31.2 Å². The van der Waals surface area contributed by atoms with E-state index in [2.05, 4.69) is 19.0 Å². The molecule has 24 heavy (non-hydrogen) atoms. The number of hydrogen-bond acceptors (Lipinski definition) is 4. The lowest BCUT2D eigenvalue weighted by Crippen LogP contribution is -2.32. The third kappa shape index (κ3) is 1.94. The normalized spacial score (nSPS) is 18.4. The Hall–Kier alpha value is -2.56. The Balaban J connectivity index is 2.19. The number of oxime groups is 1. The zero-order chi connectivity index (χ0) is 17.1. The highest BCUT2D eigenvalue weighted by Crippen LogP contribution is 2.44. The monoisotopic (exact) mass is 323 g/mol. The summed E-state index contributed by atoms with van der Waals surface area (Å²) in [4.78, 5) is 4.81. The SMILES string of the molecule is CCc1c2c3ccccc3nc-2c2c(n1O)CC(C)(C)CC2=NO. The van der Waals surface area contributed by atoms with Crippen LogP contribution in [-0.2, 0) is 12.8 Å². The van der Waals surface area contributed by atoms with Gasteiger partial charge in [-0.3, -0.25) is 0 Å². The number of hydrogen-bond donors (Lipinski definition) is 2. The van der Waals surface area contributed by atoms with Crippen molar-refractivity contribution in [1.29, 1.82) is 0 Å². The molecule has 0 amide bonds. The number of pyridine rings is 1. The summed E-state index contributed by atoms with van der Waals surface area (Å²) in [5.41, 5.74) is 5.62. The minimum Gasteiger partial charge on any atom is -0.428 e. The molecule has 2 N–H and O–H groups in total. The first-order valence-corrected chi connectivity index (χ1v) is 8.32. The first-order chi connectivity index (χ1) is 11.5. The van der Waals surface area contributed by atoms with E-state index < -0.39 is 0 Å². The lowest BCUT2D eigenvalue weighted by Gasteiger charge is -2.34. The summed E-state index contributed by atoms with van der Waals surface area (Å²) in [5.74, 6) is 0. The van der Waals surface area contributed by atoms with Crippen LogP contribution >= 0.6 is 0 Å². The Morgan fingerprint density at radius 1 is 1.21 bits per heavy atom. The highest BCUT2D eigenvalue weighted by atomic mass is 16.5. The molecule has 0 radical (unpaired) electrons. The van der Waals surface area contributed by atoms with E-state index in [1.165, 1.54) is 4.73 Å². The van der Waals surface area contributed by atoms with E-state index in [0.29, 0.717) is 25.0 Å². The van der Waals surface area contributed by atoms with Crippen molar-refractivity contribution in [1.82, 2.24) is 9.71 Å². The summed E-state index contributed by atoms with van der Waals surface area (Å²) in [6, 6.07) is 7.95. The van der Waals surface area contributed by atoms with Gasteiger partial charge in [0, 0.05) is 16.5 Å². The summed E-state index contributed by atoms with van der Waals surface area (Å²) in [5, 5.41) is 25.1. The predicted octanol–water partition coefficient (Wildman–Crippen LogP) is 4.09. The van der Waals surface area contributed by atoms with Gasteiger partial charge in [-0.15, -0.1) is 0 Å². The van der Waals surface area contributed by atoms with Crippen LogP contribution in [0.25, 0.3) is 22.2 Å². The van der Waals surface area contributed by atoms with Gasteiger partial charge in [0.15, 0.2) is 0 Å². The van der Waals surface area contributed by atoms with Crippen LogP contribution in [0.5, 0.6) is 0 Å². The van der Waals surface area contributed by atoms with Gasteiger partial charge in [-0.2, -0.15) is 4.73 Å². The molecule has 2 aliphatic heterocycles. The molecule has 0 unspecified atom stereocenters. The van der Waals surface area contributed by atoms with Crippen molar-refractivity contribution in [2.75, 3.05) is 0 Å². The van der Waals surface area contributed by atoms with Crippen LogP contribution in [0.3, 0.4) is 0 Å². The zero-order valence-corrected chi connectivity index (χ0v) is 14.2. The van der Waals surface area contributed by atoms with Crippen molar-refractivity contribution < 1.29 is 10.4 Å². The smallest absolute Gasteiger partial charge is 0.0914 e. The van der Waals surface area contributed by atoms with Gasteiger partial charge < -0.3 is 10.4 Å². The maximum Gasteiger partial charge on any atom is 0.0914 e. The molecule has 0 bridgehead atoms. The molecule has 0 saturated heterocycles. The lowest BCUT2D eigenvalue weighted by atomic mass is 9.74. The topological polar surface area (TPSA) is 70.6 Å². The van der Waals surface area contributed by atoms with Crippen molar-refractivity contribution in [3.63, 3.8) is 0 Å². The predicted molar refractivity (Wildman–Crippen MR) is 93.3 cm³/mol. The van der Waals surface area contributed by atoms with Crippen LogP contribution < -0.4 is 0 Å². The Labute approximate surface area is 140 Å². The average Bonchev–Trinajstić information content (AvgIpc) is 2.93. The molecule has 0 aromatic heterocycles. The highest BCUT2D eigenvalue weighted by molar-refractivity contribution is 6.12. The van der Waals surface area contributed by atoms with E-state index in [9.17, 15) is 10.4 Å². The lowest BCUT2D eigenvalue weighted by molar-refractivity contribution is 0.156. The van der Waals surface area contributed by atoms with E-state index in [-0.39, 0.29) is 5.41 Å². The fraction of sp³-hybridized carbons (Fsp3) is 0.368. The summed E-state index contributed by atoms with van der Waals surface area (Å²) in [6.07, 6.45) is 2.06. The molecule has 1 aromatic carbocycles. The molecule has 4 rings (SSSR count). The fourth-order valence-electron chi connectivity index (χ4n) is 4.01. The molecule has 0 fully saturated rings. The van der Waals surface area contributed by atoms with Crippen LogP contribution in [0, 0.1) is 5.41 Å². The van der Waals surface area contributed by atoms with Crippen molar-refractivity contribution >= 4 is 16.6 Å². The number of aromatic nitrogens is 2. The molecule has 0 atom stereocenters. The highest BCUT2D eigenvalue weighted by Gasteiger charge is 2.37. The van der Waals surface area contributed by atoms with Crippen molar-refractivity contribution in [3.8, 4) is 11.3 Å². The minimum absolute atomic E-state index is 0.0796. The zero-order valence-electron chi connectivity index (χ0n) is 14.2. The number of rotatable bonds is 1. The molecule has 5 heteroatoms. The van der Waals surface area contributed by atoms with Crippen LogP contribution in [0.4, 0.5) is 0 Å². The molecular weight excluding hydrogens is 302 g/mol. The molecule has 2 heterocycles. The van der Waals surface area contributed by atoms with E-state index in [4.69, 9.17) is 4.98 Å². The maximum atomic E-state index is 10.9. The van der Waals surface area contributed by atoms with Gasteiger partial charge >= 0.3 is 0 Å². The second-order valence-electron chi connectivity index (χ2n) is 7.35. The Bertz CT molecular complexity index is 953. The van der Waals surface area contributed by atoms with Gasteiger partial charge in [0.2, 0.25) is 0 Å².